The van der Waals surface area contributed by atoms with Crippen molar-refractivity contribution in [2.75, 3.05) is 13.7 Å². The van der Waals surface area contributed by atoms with Crippen LogP contribution < -0.4 is 19.9 Å². The van der Waals surface area contributed by atoms with E-state index in [0.717, 1.165) is 27.6 Å². The minimum absolute atomic E-state index is 0.0291. The number of benzene rings is 3. The first-order valence-electron chi connectivity index (χ1n) is 10.2. The van der Waals surface area contributed by atoms with Gasteiger partial charge in [0.1, 0.15) is 6.61 Å². The summed E-state index contributed by atoms with van der Waals surface area (Å²) in [5.41, 5.74) is 2.80. The molecular formula is C23H24BrN3O6S. The van der Waals surface area contributed by atoms with Crippen LogP contribution in [-0.4, -0.2) is 27.0 Å². The zero-order valence-corrected chi connectivity index (χ0v) is 20.8. The lowest BCUT2D eigenvalue weighted by atomic mass is 10.1. The monoisotopic (exact) mass is 549 g/mol. The highest BCUT2D eigenvalue weighted by atomic mass is 79.9. The Morgan fingerprint density at radius 2 is 1.68 bits per heavy atom. The molecule has 0 fully saturated rings. The lowest BCUT2D eigenvalue weighted by Gasteiger charge is -2.14. The largest absolute Gasteiger partial charge is 0.493 e. The maximum atomic E-state index is 11.3. The molecule has 3 aromatic rings. The summed E-state index contributed by atoms with van der Waals surface area (Å²) in [5, 5.41) is 19.3. The van der Waals surface area contributed by atoms with Gasteiger partial charge >= 0.3 is 0 Å². The van der Waals surface area contributed by atoms with Crippen molar-refractivity contribution in [3.8, 4) is 11.5 Å². The van der Waals surface area contributed by atoms with Gasteiger partial charge in [0.05, 0.1) is 16.9 Å². The highest BCUT2D eigenvalue weighted by Crippen LogP contribution is 2.34. The van der Waals surface area contributed by atoms with Crippen LogP contribution in [0.15, 0.2) is 70.0 Å². The number of nitro groups is 1. The molecule has 0 aromatic heterocycles. The maximum absolute atomic E-state index is 11.3. The second-order valence-corrected chi connectivity index (χ2v) is 9.84. The van der Waals surface area contributed by atoms with Crippen LogP contribution in [0.25, 0.3) is 0 Å². The third-order valence-corrected chi connectivity index (χ3v) is 6.70. The van der Waals surface area contributed by atoms with Gasteiger partial charge in [0, 0.05) is 23.2 Å². The summed E-state index contributed by atoms with van der Waals surface area (Å²) < 4.78 is 34.9. The molecular weight excluding hydrogens is 526 g/mol. The third kappa shape index (κ3) is 7.00. The first-order chi connectivity index (χ1) is 16.2. The fraction of sp³-hybridized carbons (Fsp3) is 0.217. The average molecular weight is 550 g/mol. The Morgan fingerprint density at radius 3 is 2.26 bits per heavy atom. The number of non-ortho nitro benzene ring substituents is 1. The van der Waals surface area contributed by atoms with Crippen LogP contribution in [0.1, 0.15) is 16.7 Å². The van der Waals surface area contributed by atoms with Crippen LogP contribution in [0.2, 0.25) is 0 Å². The van der Waals surface area contributed by atoms with Crippen molar-refractivity contribution in [2.45, 2.75) is 24.5 Å². The normalized spacial score (nSPS) is 11.3. The van der Waals surface area contributed by atoms with Gasteiger partial charge in [-0.25, -0.2) is 13.6 Å². The summed E-state index contributed by atoms with van der Waals surface area (Å²) >= 11 is 3.57. The summed E-state index contributed by atoms with van der Waals surface area (Å²) in [6.07, 6.45) is 0.718. The number of nitrogens with one attached hydrogen (secondary N) is 1. The molecule has 0 saturated heterocycles. The van der Waals surface area contributed by atoms with Crippen LogP contribution in [0.5, 0.6) is 11.5 Å². The van der Waals surface area contributed by atoms with Gasteiger partial charge in [0.15, 0.2) is 11.5 Å². The molecule has 9 nitrogen and oxygen atoms in total. The summed E-state index contributed by atoms with van der Waals surface area (Å²) in [6.45, 7) is 1.50. The number of sulfonamides is 1. The summed E-state index contributed by atoms with van der Waals surface area (Å²) in [6, 6.07) is 16.4. The molecule has 34 heavy (non-hydrogen) atoms. The van der Waals surface area contributed by atoms with E-state index in [1.807, 2.05) is 12.1 Å². The van der Waals surface area contributed by atoms with E-state index in [2.05, 4.69) is 21.2 Å². The van der Waals surface area contributed by atoms with Gasteiger partial charge in [-0.15, -0.1) is 0 Å². The topological polar surface area (TPSA) is 134 Å². The zero-order chi connectivity index (χ0) is 24.7. The number of methoxy groups -OCH3 is 1. The van der Waals surface area contributed by atoms with Crippen molar-refractivity contribution in [2.24, 2.45) is 5.14 Å². The van der Waals surface area contributed by atoms with Gasteiger partial charge in [-0.3, -0.25) is 10.1 Å². The molecule has 0 atom stereocenters. The zero-order valence-electron chi connectivity index (χ0n) is 18.4. The lowest BCUT2D eigenvalue weighted by molar-refractivity contribution is -0.384. The van der Waals surface area contributed by atoms with Crippen LogP contribution in [-0.2, 0) is 29.6 Å². The fourth-order valence-electron chi connectivity index (χ4n) is 3.16. The third-order valence-electron chi connectivity index (χ3n) is 5.03. The van der Waals surface area contributed by atoms with E-state index in [1.165, 1.54) is 24.3 Å². The van der Waals surface area contributed by atoms with E-state index in [0.29, 0.717) is 24.6 Å². The standard InChI is InChI=1S/C23H24BrN3O6S/c1-32-22-12-18(14-26-11-10-16-4-8-20(9-5-16)34(25,30)31)21(24)13-23(22)33-15-17-2-6-19(7-3-17)27(28)29/h2-9,12-13,26H,10-11,14-15H2,1H3,(H2,25,30,31). The van der Waals surface area contributed by atoms with Crippen LogP contribution in [0, 0.1) is 10.1 Å². The molecule has 3 aromatic carbocycles. The van der Waals surface area contributed by atoms with E-state index in [1.54, 1.807) is 31.4 Å². The Bertz CT molecular complexity index is 1250. The van der Waals surface area contributed by atoms with Gasteiger partial charge in [0.25, 0.3) is 5.69 Å². The number of rotatable bonds is 11. The molecule has 3 rings (SSSR count). The molecule has 0 aliphatic rings. The molecule has 0 aliphatic heterocycles. The highest BCUT2D eigenvalue weighted by molar-refractivity contribution is 9.10. The first-order valence-corrected chi connectivity index (χ1v) is 12.6. The molecule has 180 valence electrons. The predicted octanol–water partition coefficient (Wildman–Crippen LogP) is 3.92. The van der Waals surface area contributed by atoms with Crippen molar-refractivity contribution in [3.05, 3.63) is 91.9 Å². The van der Waals surface area contributed by atoms with Crippen LogP contribution >= 0.6 is 15.9 Å². The van der Waals surface area contributed by atoms with Gasteiger partial charge in [-0.1, -0.05) is 28.1 Å². The highest BCUT2D eigenvalue weighted by Gasteiger charge is 2.12. The van der Waals surface area contributed by atoms with Crippen molar-refractivity contribution in [1.82, 2.24) is 5.32 Å². The van der Waals surface area contributed by atoms with Crippen molar-refractivity contribution in [3.63, 3.8) is 0 Å². The number of primary sulfonamides is 1. The molecule has 3 N–H and O–H groups in total. The fourth-order valence-corrected chi connectivity index (χ4v) is 4.14. The summed E-state index contributed by atoms with van der Waals surface area (Å²) in [4.78, 5) is 10.4. The SMILES string of the molecule is COc1cc(CNCCc2ccc(S(N)(=O)=O)cc2)c(Br)cc1OCc1ccc([N+](=O)[O-])cc1. The number of nitro benzene ring substituents is 1. The van der Waals surface area contributed by atoms with Crippen molar-refractivity contribution < 1.29 is 22.8 Å². The molecule has 11 heteroatoms. The predicted molar refractivity (Wildman–Crippen MR) is 131 cm³/mol. The minimum atomic E-state index is -3.69. The second-order valence-electron chi connectivity index (χ2n) is 7.42. The molecule has 0 aliphatic carbocycles. The number of ether oxygens (including phenoxy) is 2. The molecule has 0 bridgehead atoms. The van der Waals surface area contributed by atoms with E-state index in [-0.39, 0.29) is 17.2 Å². The van der Waals surface area contributed by atoms with Gasteiger partial charge in [-0.05, 0) is 66.1 Å². The molecule has 0 radical (unpaired) electrons. The number of hydrogen-bond acceptors (Lipinski definition) is 7. The van der Waals surface area contributed by atoms with E-state index >= 15 is 0 Å². The summed E-state index contributed by atoms with van der Waals surface area (Å²) in [5.74, 6) is 1.12. The Kier molecular flexibility index (Phi) is 8.61. The quantitative estimate of drug-likeness (QED) is 0.210. The number of nitrogens with zero attached hydrogens (tertiary/aromatic N) is 1. The smallest absolute Gasteiger partial charge is 0.269 e. The molecule has 0 amide bonds. The number of hydrogen-bond donors (Lipinski definition) is 2. The Hall–Kier alpha value is -2.99. The lowest BCUT2D eigenvalue weighted by Crippen LogP contribution is -2.17. The van der Waals surface area contributed by atoms with Gasteiger partial charge in [0.2, 0.25) is 10.0 Å². The van der Waals surface area contributed by atoms with E-state index in [4.69, 9.17) is 14.6 Å². The van der Waals surface area contributed by atoms with Crippen molar-refractivity contribution in [1.29, 1.82) is 0 Å². The van der Waals surface area contributed by atoms with E-state index < -0.39 is 14.9 Å². The van der Waals surface area contributed by atoms with Gasteiger partial charge in [-0.2, -0.15) is 0 Å². The van der Waals surface area contributed by atoms with Crippen LogP contribution in [0.4, 0.5) is 5.69 Å². The average Bonchev–Trinajstić information content (AvgIpc) is 2.81. The Labute approximate surface area is 206 Å². The van der Waals surface area contributed by atoms with Crippen molar-refractivity contribution >= 4 is 31.6 Å². The Morgan fingerprint density at radius 1 is 1.03 bits per heavy atom. The summed E-state index contributed by atoms with van der Waals surface area (Å²) in [7, 11) is -2.13. The first kappa shape index (κ1) is 25.6. The van der Waals surface area contributed by atoms with E-state index in [9.17, 15) is 18.5 Å². The Balaban J connectivity index is 1.56. The number of nitrogens with two attached hydrogens (primary N) is 1. The molecule has 0 heterocycles. The maximum Gasteiger partial charge on any atom is 0.269 e. The van der Waals surface area contributed by atoms with Gasteiger partial charge < -0.3 is 14.8 Å². The molecule has 0 unspecified atom stereocenters. The number of halogens is 1. The minimum Gasteiger partial charge on any atom is -0.493 e. The second kappa shape index (κ2) is 11.4. The molecule has 0 spiro atoms. The molecule has 0 saturated carbocycles. The van der Waals surface area contributed by atoms with Crippen LogP contribution in [0.3, 0.4) is 0 Å².